The minimum Gasteiger partial charge on any atom is -0.391 e. The van der Waals surface area contributed by atoms with Crippen molar-refractivity contribution in [2.45, 2.75) is 37.8 Å². The van der Waals surface area contributed by atoms with Crippen molar-refractivity contribution in [3.05, 3.63) is 45.0 Å². The monoisotopic (exact) mass is 440 g/mol. The van der Waals surface area contributed by atoms with E-state index in [1.54, 1.807) is 24.3 Å². The predicted octanol–water partition coefficient (Wildman–Crippen LogP) is 3.11. The maximum absolute atomic E-state index is 12.4. The van der Waals surface area contributed by atoms with Crippen LogP contribution in [0.3, 0.4) is 0 Å². The van der Waals surface area contributed by atoms with Crippen LogP contribution in [0.25, 0.3) is 0 Å². The van der Waals surface area contributed by atoms with E-state index in [-0.39, 0.29) is 17.6 Å². The van der Waals surface area contributed by atoms with Crippen LogP contribution in [-0.2, 0) is 0 Å². The number of carbonyl (C=O) groups excluding carboxylic acids is 2. The third-order valence-electron chi connectivity index (χ3n) is 4.32. The summed E-state index contributed by atoms with van der Waals surface area (Å²) >= 11 is 9.30. The van der Waals surface area contributed by atoms with E-state index in [2.05, 4.69) is 36.8 Å². The smallest absolute Gasteiger partial charge is 0.273 e. The lowest BCUT2D eigenvalue weighted by Crippen LogP contribution is -2.45. The first-order chi connectivity index (χ1) is 12.5. The van der Waals surface area contributed by atoms with Gasteiger partial charge in [0, 0.05) is 0 Å². The van der Waals surface area contributed by atoms with Crippen molar-refractivity contribution in [1.82, 2.24) is 15.5 Å². The number of hydrogen-bond donors (Lipinski definition) is 4. The van der Waals surface area contributed by atoms with Crippen LogP contribution in [0.15, 0.2) is 28.7 Å². The lowest BCUT2D eigenvalue weighted by molar-refractivity contribution is 0.0713. The van der Waals surface area contributed by atoms with Gasteiger partial charge in [-0.15, -0.1) is 0 Å². The Bertz CT molecular complexity index is 826. The normalized spacial score (nSPS) is 19.8. The van der Waals surface area contributed by atoms with Gasteiger partial charge in [-0.3, -0.25) is 14.7 Å². The van der Waals surface area contributed by atoms with Crippen molar-refractivity contribution >= 4 is 45.2 Å². The summed E-state index contributed by atoms with van der Waals surface area (Å²) in [5.41, 5.74) is 0.421. The highest BCUT2D eigenvalue weighted by Crippen LogP contribution is 2.26. The Hall–Kier alpha value is -1.90. The molecule has 2 amide bonds. The van der Waals surface area contributed by atoms with E-state index < -0.39 is 17.9 Å². The summed E-state index contributed by atoms with van der Waals surface area (Å²) in [7, 11) is 0. The van der Waals surface area contributed by atoms with Crippen LogP contribution in [0.4, 0.5) is 5.82 Å². The van der Waals surface area contributed by atoms with E-state index in [1.807, 2.05) is 0 Å². The number of hydrogen-bond acceptors (Lipinski definition) is 4. The molecule has 0 aliphatic heterocycles. The number of nitrogens with zero attached hydrogens (tertiary/aromatic N) is 1. The lowest BCUT2D eigenvalue weighted by atomic mass is 9.92. The molecule has 138 valence electrons. The number of anilines is 1. The van der Waals surface area contributed by atoms with Gasteiger partial charge in [-0.25, -0.2) is 0 Å². The van der Waals surface area contributed by atoms with Crippen LogP contribution in [-0.4, -0.2) is 39.3 Å². The molecule has 0 spiro atoms. The molecule has 0 radical (unpaired) electrons. The van der Waals surface area contributed by atoms with Gasteiger partial charge in [0.2, 0.25) is 0 Å². The third-order valence-corrected chi connectivity index (χ3v) is 5.43. The molecule has 1 aliphatic rings. The van der Waals surface area contributed by atoms with Crippen molar-refractivity contribution < 1.29 is 14.7 Å². The Morgan fingerprint density at radius 2 is 1.96 bits per heavy atom. The van der Waals surface area contributed by atoms with Gasteiger partial charge in [0.15, 0.2) is 5.69 Å². The van der Waals surface area contributed by atoms with Gasteiger partial charge in [0.05, 0.1) is 27.2 Å². The largest absolute Gasteiger partial charge is 0.391 e. The second-order valence-electron chi connectivity index (χ2n) is 6.13. The van der Waals surface area contributed by atoms with E-state index in [0.717, 1.165) is 19.3 Å². The number of carbonyl (C=O) groups is 2. The van der Waals surface area contributed by atoms with E-state index in [9.17, 15) is 14.7 Å². The summed E-state index contributed by atoms with van der Waals surface area (Å²) in [6, 6.07) is 6.36. The zero-order valence-corrected chi connectivity index (χ0v) is 16.1. The van der Waals surface area contributed by atoms with Crippen LogP contribution < -0.4 is 10.6 Å². The molecule has 1 saturated carbocycles. The Morgan fingerprint density at radius 1 is 1.23 bits per heavy atom. The van der Waals surface area contributed by atoms with E-state index >= 15 is 0 Å². The van der Waals surface area contributed by atoms with Gasteiger partial charge < -0.3 is 15.7 Å². The molecule has 0 bridgehead atoms. The zero-order chi connectivity index (χ0) is 18.7. The molecule has 7 nitrogen and oxygen atoms in total. The molecule has 2 aromatic rings. The summed E-state index contributed by atoms with van der Waals surface area (Å²) in [5, 5.41) is 22.3. The Morgan fingerprint density at radius 3 is 2.69 bits per heavy atom. The molecule has 1 aliphatic carbocycles. The molecule has 2 atom stereocenters. The molecule has 1 aromatic heterocycles. The SMILES string of the molecule is O=C(Nc1[nH]nc(C(=O)N[C@@H]2CCCC[C@H]2O)c1Br)c1ccccc1Cl. The third kappa shape index (κ3) is 4.08. The minimum absolute atomic E-state index is 0.109. The van der Waals surface area contributed by atoms with Crippen LogP contribution in [0, 0.1) is 0 Å². The molecule has 1 aromatic carbocycles. The van der Waals surface area contributed by atoms with Gasteiger partial charge in [0.1, 0.15) is 5.82 Å². The number of aliphatic hydroxyl groups excluding tert-OH is 1. The zero-order valence-electron chi connectivity index (χ0n) is 13.8. The number of aliphatic hydroxyl groups is 1. The average Bonchev–Trinajstić information content (AvgIpc) is 2.98. The minimum atomic E-state index is -0.551. The number of nitrogens with one attached hydrogen (secondary N) is 3. The summed E-state index contributed by atoms with van der Waals surface area (Å²) < 4.78 is 0.334. The number of aromatic amines is 1. The fourth-order valence-corrected chi connectivity index (χ4v) is 3.58. The second kappa shape index (κ2) is 8.20. The first-order valence-electron chi connectivity index (χ1n) is 8.26. The van der Waals surface area contributed by atoms with E-state index in [0.29, 0.717) is 21.5 Å². The number of amides is 2. The van der Waals surface area contributed by atoms with Crippen LogP contribution in [0.2, 0.25) is 5.02 Å². The predicted molar refractivity (Wildman–Crippen MR) is 101 cm³/mol. The Kier molecular flexibility index (Phi) is 5.95. The van der Waals surface area contributed by atoms with E-state index in [4.69, 9.17) is 11.6 Å². The number of rotatable bonds is 4. The molecular formula is C17H18BrClN4O3. The number of benzene rings is 1. The Labute approximate surface area is 163 Å². The van der Waals surface area contributed by atoms with Crippen molar-refractivity contribution in [3.8, 4) is 0 Å². The molecule has 3 rings (SSSR count). The molecule has 9 heteroatoms. The van der Waals surface area contributed by atoms with E-state index in [1.165, 1.54) is 0 Å². The molecular weight excluding hydrogens is 424 g/mol. The first-order valence-corrected chi connectivity index (χ1v) is 9.43. The van der Waals surface area contributed by atoms with Gasteiger partial charge >= 0.3 is 0 Å². The average molecular weight is 442 g/mol. The standard InChI is InChI=1S/C17H18BrClN4O3/c18-13-14(17(26)20-11-7-3-4-8-12(11)24)22-23-15(13)21-16(25)9-5-1-2-6-10(9)19/h1-2,5-6,11-12,24H,3-4,7-8H2,(H,20,26)(H2,21,22,23,25)/t11-,12-/m1/s1. The Balaban J connectivity index is 1.70. The second-order valence-corrected chi connectivity index (χ2v) is 7.33. The molecule has 0 saturated heterocycles. The number of H-pyrrole nitrogens is 1. The summed E-state index contributed by atoms with van der Waals surface area (Å²) in [6.07, 6.45) is 2.77. The summed E-state index contributed by atoms with van der Waals surface area (Å²) in [5.74, 6) is -0.587. The van der Waals surface area contributed by atoms with Gasteiger partial charge in [-0.1, -0.05) is 36.6 Å². The van der Waals surface area contributed by atoms with Crippen molar-refractivity contribution in [1.29, 1.82) is 0 Å². The van der Waals surface area contributed by atoms with Gasteiger partial charge in [0.25, 0.3) is 11.8 Å². The molecule has 1 heterocycles. The van der Waals surface area contributed by atoms with Gasteiger partial charge in [-0.05, 0) is 40.9 Å². The number of aromatic nitrogens is 2. The van der Waals surface area contributed by atoms with Gasteiger partial charge in [-0.2, -0.15) is 5.10 Å². The first kappa shape index (κ1) is 18.9. The number of halogens is 2. The highest BCUT2D eigenvalue weighted by molar-refractivity contribution is 9.10. The highest BCUT2D eigenvalue weighted by atomic mass is 79.9. The summed E-state index contributed by atoms with van der Waals surface area (Å²) in [6.45, 7) is 0. The molecule has 26 heavy (non-hydrogen) atoms. The van der Waals surface area contributed by atoms with Crippen molar-refractivity contribution in [2.75, 3.05) is 5.32 Å². The molecule has 1 fully saturated rings. The topological polar surface area (TPSA) is 107 Å². The highest BCUT2D eigenvalue weighted by Gasteiger charge is 2.27. The lowest BCUT2D eigenvalue weighted by Gasteiger charge is -2.28. The van der Waals surface area contributed by atoms with Crippen molar-refractivity contribution in [3.63, 3.8) is 0 Å². The summed E-state index contributed by atoms with van der Waals surface area (Å²) in [4.78, 5) is 24.8. The maximum Gasteiger partial charge on any atom is 0.273 e. The molecule has 4 N–H and O–H groups in total. The van der Waals surface area contributed by atoms with Crippen molar-refractivity contribution in [2.24, 2.45) is 0 Å². The van der Waals surface area contributed by atoms with Crippen LogP contribution >= 0.6 is 27.5 Å². The fraction of sp³-hybridized carbons (Fsp3) is 0.353. The quantitative estimate of drug-likeness (QED) is 0.585. The maximum atomic E-state index is 12.4. The molecule has 0 unspecified atom stereocenters. The van der Waals surface area contributed by atoms with Crippen LogP contribution in [0.5, 0.6) is 0 Å². The van der Waals surface area contributed by atoms with Crippen LogP contribution in [0.1, 0.15) is 46.5 Å². The fourth-order valence-electron chi connectivity index (χ4n) is 2.90.